The fraction of sp³-hybridized carbons (Fsp3) is 0.824. The molecule has 1 unspecified atom stereocenters. The van der Waals surface area contributed by atoms with E-state index in [1.807, 2.05) is 20.8 Å². The summed E-state index contributed by atoms with van der Waals surface area (Å²) < 4.78 is 5.39. The highest BCUT2D eigenvalue weighted by Crippen LogP contribution is 2.60. The van der Waals surface area contributed by atoms with E-state index in [0.29, 0.717) is 11.8 Å². The number of nitrogens with zero attached hydrogens (tertiary/aromatic N) is 1. The van der Waals surface area contributed by atoms with Gasteiger partial charge in [-0.25, -0.2) is 0 Å². The van der Waals surface area contributed by atoms with Gasteiger partial charge < -0.3 is 4.74 Å². The van der Waals surface area contributed by atoms with Crippen molar-refractivity contribution in [1.29, 1.82) is 0 Å². The zero-order valence-corrected chi connectivity index (χ0v) is 14.2. The summed E-state index contributed by atoms with van der Waals surface area (Å²) in [7, 11) is 0. The molecule has 3 atom stereocenters. The van der Waals surface area contributed by atoms with Crippen LogP contribution in [-0.4, -0.2) is 23.0 Å². The highest BCUT2D eigenvalue weighted by atomic mass is 16.6. The topological polar surface area (TPSA) is 69.4 Å². The third-order valence-electron chi connectivity index (χ3n) is 4.88. The second-order valence-corrected chi connectivity index (χ2v) is 8.21. The number of ether oxygens (including phenoxy) is 1. The van der Waals surface area contributed by atoms with E-state index in [-0.39, 0.29) is 29.8 Å². The molecule has 1 saturated carbocycles. The van der Waals surface area contributed by atoms with Crippen LogP contribution in [0.25, 0.3) is 0 Å². The molecule has 0 spiro atoms. The summed E-state index contributed by atoms with van der Waals surface area (Å²) in [6.07, 6.45) is 4.13. The molecular weight excluding hydrogens is 282 g/mol. The molecule has 0 heterocycles. The van der Waals surface area contributed by atoms with Gasteiger partial charge in [-0.05, 0) is 51.4 Å². The number of hydrogen-bond acceptors (Lipinski definition) is 4. The monoisotopic (exact) mass is 309 g/mol. The van der Waals surface area contributed by atoms with Gasteiger partial charge in [-0.1, -0.05) is 25.5 Å². The summed E-state index contributed by atoms with van der Waals surface area (Å²) in [5.41, 5.74) is 0.280. The maximum atomic E-state index is 12.2. The van der Waals surface area contributed by atoms with E-state index in [0.717, 1.165) is 12.8 Å². The highest BCUT2D eigenvalue weighted by Gasteiger charge is 2.59. The Morgan fingerprint density at radius 2 is 2.14 bits per heavy atom. The summed E-state index contributed by atoms with van der Waals surface area (Å²) in [6, 6.07) is 0. The smallest absolute Gasteiger partial charge is 0.307 e. The molecule has 22 heavy (non-hydrogen) atoms. The van der Waals surface area contributed by atoms with Crippen LogP contribution in [0.5, 0.6) is 0 Å². The molecule has 0 aliphatic heterocycles. The van der Waals surface area contributed by atoms with Crippen molar-refractivity contribution in [2.45, 2.75) is 59.5 Å². The van der Waals surface area contributed by atoms with Gasteiger partial charge in [0.2, 0.25) is 6.54 Å². The van der Waals surface area contributed by atoms with Crippen molar-refractivity contribution >= 4 is 5.97 Å². The van der Waals surface area contributed by atoms with Crippen LogP contribution in [-0.2, 0) is 9.53 Å². The van der Waals surface area contributed by atoms with Crippen molar-refractivity contribution in [3.63, 3.8) is 0 Å². The van der Waals surface area contributed by atoms with E-state index in [9.17, 15) is 14.9 Å². The van der Waals surface area contributed by atoms with Gasteiger partial charge in [-0.2, -0.15) is 0 Å². The fourth-order valence-electron chi connectivity index (χ4n) is 4.00. The summed E-state index contributed by atoms with van der Waals surface area (Å²) in [4.78, 5) is 23.0. The van der Waals surface area contributed by atoms with E-state index in [1.165, 1.54) is 5.57 Å². The molecule has 2 aliphatic carbocycles. The van der Waals surface area contributed by atoms with Gasteiger partial charge in [0.05, 0.1) is 11.8 Å². The van der Waals surface area contributed by atoms with Crippen LogP contribution in [0, 0.1) is 33.3 Å². The van der Waals surface area contributed by atoms with E-state index in [2.05, 4.69) is 19.9 Å². The zero-order valence-electron chi connectivity index (χ0n) is 14.2. The molecule has 0 aromatic carbocycles. The molecule has 5 heteroatoms. The van der Waals surface area contributed by atoms with Gasteiger partial charge in [-0.3, -0.25) is 14.9 Å². The maximum Gasteiger partial charge on any atom is 0.307 e. The van der Waals surface area contributed by atoms with Crippen molar-refractivity contribution in [1.82, 2.24) is 0 Å². The summed E-state index contributed by atoms with van der Waals surface area (Å²) in [5, 5.41) is 11.1. The number of hydrogen-bond donors (Lipinski definition) is 0. The second kappa shape index (κ2) is 5.67. The average Bonchev–Trinajstić information content (AvgIpc) is 2.63. The molecule has 0 aromatic rings. The molecule has 1 fully saturated rings. The quantitative estimate of drug-likeness (QED) is 0.337. The lowest BCUT2D eigenvalue weighted by Crippen LogP contribution is -2.51. The Kier molecular flexibility index (Phi) is 4.37. The first kappa shape index (κ1) is 17.0. The third-order valence-corrected chi connectivity index (χ3v) is 4.88. The number of rotatable bonds is 5. The predicted octanol–water partition coefficient (Wildman–Crippen LogP) is 3.60. The van der Waals surface area contributed by atoms with Crippen LogP contribution in [0.1, 0.15) is 53.9 Å². The lowest BCUT2D eigenvalue weighted by molar-refractivity contribution is -0.506. The summed E-state index contributed by atoms with van der Waals surface area (Å²) in [5.74, 6) is 0.780. The Balaban J connectivity index is 2.14. The first-order valence-corrected chi connectivity index (χ1v) is 8.07. The lowest BCUT2D eigenvalue weighted by atomic mass is 9.53. The van der Waals surface area contributed by atoms with E-state index >= 15 is 0 Å². The number of carbonyl (C=O) groups excluding carboxylic acids is 1. The number of carbonyl (C=O) groups is 1. The Labute approximate surface area is 132 Å². The van der Waals surface area contributed by atoms with Crippen molar-refractivity contribution in [2.75, 3.05) is 6.54 Å². The highest BCUT2D eigenvalue weighted by molar-refractivity contribution is 5.71. The fourth-order valence-corrected chi connectivity index (χ4v) is 4.00. The van der Waals surface area contributed by atoms with Crippen LogP contribution in [0.2, 0.25) is 0 Å². The Morgan fingerprint density at radius 3 is 2.64 bits per heavy atom. The minimum atomic E-state index is -0.551. The van der Waals surface area contributed by atoms with Crippen LogP contribution in [0.4, 0.5) is 0 Å². The van der Waals surface area contributed by atoms with Gasteiger partial charge >= 0.3 is 5.97 Å². The maximum absolute atomic E-state index is 12.2. The summed E-state index contributed by atoms with van der Waals surface area (Å²) in [6.45, 7) is 9.62. The lowest BCUT2D eigenvalue weighted by Gasteiger charge is -2.49. The van der Waals surface area contributed by atoms with Crippen LogP contribution < -0.4 is 0 Å². The zero-order chi connectivity index (χ0) is 16.7. The first-order chi connectivity index (χ1) is 10.0. The van der Waals surface area contributed by atoms with Gasteiger partial charge in [0.15, 0.2) is 0 Å². The standard InChI is InChI=1S/C17H27NO4/c1-11(2)12-6-13-8-17(10-18(20)21,14(13)7-12)9-15(19)22-16(3,4)5/h7,11,13-14H,6,8-10H2,1-5H3/t13-,14?,17-/m0/s1. The SMILES string of the molecule is CC(C)C1=CC2[C@@H](C1)C[C@]2(CC(=O)OC(C)(C)C)C[N+](=O)[O-]. The van der Waals surface area contributed by atoms with Gasteiger partial charge in [0, 0.05) is 4.92 Å². The second-order valence-electron chi connectivity index (χ2n) is 8.21. The first-order valence-electron chi connectivity index (χ1n) is 8.07. The number of allylic oxidation sites excluding steroid dienone is 2. The molecule has 5 nitrogen and oxygen atoms in total. The molecular formula is C17H27NO4. The van der Waals surface area contributed by atoms with Crippen molar-refractivity contribution in [2.24, 2.45) is 23.2 Å². The van der Waals surface area contributed by atoms with E-state index in [1.54, 1.807) is 0 Å². The third kappa shape index (κ3) is 3.50. The Morgan fingerprint density at radius 1 is 1.50 bits per heavy atom. The number of fused-ring (bicyclic) bond motifs is 1. The Bertz CT molecular complexity index is 503. The van der Waals surface area contributed by atoms with Gasteiger partial charge in [-0.15, -0.1) is 0 Å². The van der Waals surface area contributed by atoms with E-state index < -0.39 is 11.0 Å². The van der Waals surface area contributed by atoms with Crippen LogP contribution in [0.15, 0.2) is 11.6 Å². The van der Waals surface area contributed by atoms with Crippen LogP contribution in [0.3, 0.4) is 0 Å². The minimum absolute atomic E-state index is 0.144. The van der Waals surface area contributed by atoms with E-state index in [4.69, 9.17) is 4.74 Å². The molecule has 0 N–H and O–H groups in total. The number of nitro groups is 1. The molecule has 2 rings (SSSR count). The van der Waals surface area contributed by atoms with Crippen molar-refractivity contribution < 1.29 is 14.5 Å². The molecule has 124 valence electrons. The molecule has 0 radical (unpaired) electrons. The number of esters is 1. The molecule has 2 aliphatic rings. The Hall–Kier alpha value is -1.39. The average molecular weight is 309 g/mol. The molecule has 0 aromatic heterocycles. The van der Waals surface area contributed by atoms with Gasteiger partial charge in [0.25, 0.3) is 0 Å². The van der Waals surface area contributed by atoms with Crippen LogP contribution >= 0.6 is 0 Å². The normalized spacial score (nSPS) is 30.5. The largest absolute Gasteiger partial charge is 0.460 e. The predicted molar refractivity (Wildman–Crippen MR) is 83.9 cm³/mol. The molecule has 0 saturated heterocycles. The van der Waals surface area contributed by atoms with Gasteiger partial charge in [0.1, 0.15) is 5.60 Å². The molecule has 0 bridgehead atoms. The molecule has 0 amide bonds. The van der Waals surface area contributed by atoms with Crippen molar-refractivity contribution in [3.8, 4) is 0 Å². The summed E-state index contributed by atoms with van der Waals surface area (Å²) >= 11 is 0. The van der Waals surface area contributed by atoms with Crippen molar-refractivity contribution in [3.05, 3.63) is 21.8 Å². The minimum Gasteiger partial charge on any atom is -0.460 e.